The van der Waals surface area contributed by atoms with E-state index in [1.807, 2.05) is 29.7 Å². The van der Waals surface area contributed by atoms with Crippen LogP contribution in [0.2, 0.25) is 0 Å². The predicted molar refractivity (Wildman–Crippen MR) is 110 cm³/mol. The monoisotopic (exact) mass is 376 g/mol. The highest BCUT2D eigenvalue weighted by Gasteiger charge is 2.12. The number of anilines is 4. The molecule has 0 atom stereocenters. The quantitative estimate of drug-likeness (QED) is 0.349. The van der Waals surface area contributed by atoms with Crippen molar-refractivity contribution in [3.63, 3.8) is 0 Å². The Kier molecular flexibility index (Phi) is 5.63. The molecule has 0 radical (unpaired) electrons. The molecule has 1 heterocycles. The summed E-state index contributed by atoms with van der Waals surface area (Å²) >= 11 is 0. The van der Waals surface area contributed by atoms with E-state index < -0.39 is 0 Å². The zero-order valence-electron chi connectivity index (χ0n) is 15.7. The summed E-state index contributed by atoms with van der Waals surface area (Å²) in [6, 6.07) is 16.7. The smallest absolute Gasteiger partial charge is 0.253 e. The fourth-order valence-electron chi connectivity index (χ4n) is 3.48. The van der Waals surface area contributed by atoms with Crippen molar-refractivity contribution in [2.75, 3.05) is 22.7 Å². The van der Waals surface area contributed by atoms with Crippen LogP contribution >= 0.6 is 0 Å². The Labute approximate surface area is 164 Å². The second-order valence-electron chi connectivity index (χ2n) is 6.90. The molecule has 1 aliphatic rings. The van der Waals surface area contributed by atoms with Crippen molar-refractivity contribution in [2.45, 2.75) is 32.1 Å². The zero-order valence-corrected chi connectivity index (χ0v) is 15.7. The molecule has 28 heavy (non-hydrogen) atoms. The average Bonchev–Trinajstić information content (AvgIpc) is 3.20. The van der Waals surface area contributed by atoms with Gasteiger partial charge in [0, 0.05) is 12.2 Å². The first-order valence-electron chi connectivity index (χ1n) is 9.63. The number of nitrogens with zero attached hydrogens (tertiary/aromatic N) is 3. The first-order chi connectivity index (χ1) is 13.8. The van der Waals surface area contributed by atoms with Gasteiger partial charge in [0.15, 0.2) is 0 Å². The SMILES string of the molecule is ONc1nc(NCCCc2ccccc2)nc(Nc2ccc3c(c2)CCC3)n1. The Balaban J connectivity index is 1.39. The summed E-state index contributed by atoms with van der Waals surface area (Å²) < 4.78 is 0. The van der Waals surface area contributed by atoms with Crippen LogP contribution in [0.4, 0.5) is 23.5 Å². The summed E-state index contributed by atoms with van der Waals surface area (Å²) in [7, 11) is 0. The maximum Gasteiger partial charge on any atom is 0.253 e. The Morgan fingerprint density at radius 1 is 0.857 bits per heavy atom. The van der Waals surface area contributed by atoms with Gasteiger partial charge in [0.1, 0.15) is 0 Å². The van der Waals surface area contributed by atoms with Crippen molar-refractivity contribution >= 4 is 23.5 Å². The van der Waals surface area contributed by atoms with Gasteiger partial charge >= 0.3 is 0 Å². The molecule has 4 rings (SSSR count). The van der Waals surface area contributed by atoms with Crippen molar-refractivity contribution in [2.24, 2.45) is 0 Å². The van der Waals surface area contributed by atoms with Crippen LogP contribution in [-0.2, 0) is 19.3 Å². The molecule has 0 spiro atoms. The maximum absolute atomic E-state index is 9.24. The van der Waals surface area contributed by atoms with Gasteiger partial charge in [0.25, 0.3) is 5.95 Å². The van der Waals surface area contributed by atoms with Crippen molar-refractivity contribution in [1.29, 1.82) is 0 Å². The van der Waals surface area contributed by atoms with Crippen LogP contribution in [0.25, 0.3) is 0 Å². The van der Waals surface area contributed by atoms with Gasteiger partial charge in [0.2, 0.25) is 11.9 Å². The predicted octanol–water partition coefficient (Wildman–Crippen LogP) is 3.95. The number of hydrogen-bond acceptors (Lipinski definition) is 7. The molecule has 0 aliphatic heterocycles. The summed E-state index contributed by atoms with van der Waals surface area (Å²) in [4.78, 5) is 12.8. The van der Waals surface area contributed by atoms with Gasteiger partial charge < -0.3 is 10.6 Å². The lowest BCUT2D eigenvalue weighted by Gasteiger charge is -2.10. The molecule has 144 valence electrons. The zero-order chi connectivity index (χ0) is 19.2. The highest BCUT2D eigenvalue weighted by Crippen LogP contribution is 2.26. The molecule has 3 aromatic rings. The van der Waals surface area contributed by atoms with Crippen LogP contribution < -0.4 is 16.1 Å². The van der Waals surface area contributed by atoms with E-state index in [2.05, 4.69) is 49.9 Å². The lowest BCUT2D eigenvalue weighted by molar-refractivity contribution is 0.382. The molecular weight excluding hydrogens is 352 g/mol. The Bertz CT molecular complexity index is 931. The molecule has 4 N–H and O–H groups in total. The van der Waals surface area contributed by atoms with Gasteiger partial charge in [-0.15, -0.1) is 0 Å². The molecule has 0 saturated carbocycles. The van der Waals surface area contributed by atoms with Gasteiger partial charge in [-0.2, -0.15) is 15.0 Å². The van der Waals surface area contributed by atoms with Crippen LogP contribution in [0.3, 0.4) is 0 Å². The molecule has 7 heteroatoms. The molecule has 1 aliphatic carbocycles. The van der Waals surface area contributed by atoms with E-state index in [9.17, 15) is 5.21 Å². The second-order valence-corrected chi connectivity index (χ2v) is 6.90. The molecule has 7 nitrogen and oxygen atoms in total. The van der Waals surface area contributed by atoms with Crippen LogP contribution in [0, 0.1) is 0 Å². The minimum absolute atomic E-state index is 0.101. The number of nitrogens with one attached hydrogen (secondary N) is 3. The Morgan fingerprint density at radius 2 is 1.64 bits per heavy atom. The highest BCUT2D eigenvalue weighted by atomic mass is 16.5. The van der Waals surface area contributed by atoms with Gasteiger partial charge in [-0.1, -0.05) is 36.4 Å². The van der Waals surface area contributed by atoms with Crippen molar-refractivity contribution in [3.05, 3.63) is 65.2 Å². The van der Waals surface area contributed by atoms with Gasteiger partial charge in [-0.05, 0) is 60.9 Å². The van der Waals surface area contributed by atoms with E-state index >= 15 is 0 Å². The number of fused-ring (bicyclic) bond motifs is 1. The van der Waals surface area contributed by atoms with Gasteiger partial charge in [-0.25, -0.2) is 5.48 Å². The molecule has 0 fully saturated rings. The van der Waals surface area contributed by atoms with Crippen molar-refractivity contribution in [3.8, 4) is 0 Å². The lowest BCUT2D eigenvalue weighted by Crippen LogP contribution is -2.11. The molecule has 1 aromatic heterocycles. The summed E-state index contributed by atoms with van der Waals surface area (Å²) in [6.45, 7) is 0.724. The highest BCUT2D eigenvalue weighted by molar-refractivity contribution is 5.58. The average molecular weight is 376 g/mol. The Morgan fingerprint density at radius 3 is 2.50 bits per heavy atom. The molecule has 0 amide bonds. The second kappa shape index (κ2) is 8.67. The summed E-state index contributed by atoms with van der Waals surface area (Å²) in [5.41, 5.74) is 7.04. The Hall–Kier alpha value is -3.19. The fourth-order valence-corrected chi connectivity index (χ4v) is 3.48. The first kappa shape index (κ1) is 18.2. The van der Waals surface area contributed by atoms with E-state index in [0.717, 1.165) is 37.9 Å². The lowest BCUT2D eigenvalue weighted by atomic mass is 10.1. The number of aryl methyl sites for hydroxylation is 3. The first-order valence-corrected chi connectivity index (χ1v) is 9.63. The molecule has 0 saturated heterocycles. The minimum Gasteiger partial charge on any atom is -0.354 e. The van der Waals surface area contributed by atoms with Crippen LogP contribution in [-0.4, -0.2) is 26.7 Å². The van der Waals surface area contributed by atoms with Crippen molar-refractivity contribution < 1.29 is 5.21 Å². The fraction of sp³-hybridized carbons (Fsp3) is 0.286. The van der Waals surface area contributed by atoms with E-state index in [0.29, 0.717) is 11.9 Å². The van der Waals surface area contributed by atoms with Crippen molar-refractivity contribution in [1.82, 2.24) is 15.0 Å². The third kappa shape index (κ3) is 4.55. The summed E-state index contributed by atoms with van der Waals surface area (Å²) in [5.74, 6) is 0.905. The normalized spacial score (nSPS) is 12.5. The van der Waals surface area contributed by atoms with Gasteiger partial charge in [-0.3, -0.25) is 5.21 Å². The van der Waals surface area contributed by atoms with Crippen LogP contribution in [0.15, 0.2) is 48.5 Å². The molecule has 0 bridgehead atoms. The molecule has 2 aromatic carbocycles. The largest absolute Gasteiger partial charge is 0.354 e. The van der Waals surface area contributed by atoms with E-state index in [1.54, 1.807) is 0 Å². The topological polar surface area (TPSA) is 95.0 Å². The molecular formula is C21H24N6O. The number of benzene rings is 2. The third-order valence-electron chi connectivity index (χ3n) is 4.86. The van der Waals surface area contributed by atoms with Crippen LogP contribution in [0.1, 0.15) is 29.5 Å². The minimum atomic E-state index is 0.101. The third-order valence-corrected chi connectivity index (χ3v) is 4.86. The summed E-state index contributed by atoms with van der Waals surface area (Å²) in [5, 5.41) is 15.7. The van der Waals surface area contributed by atoms with E-state index in [-0.39, 0.29) is 5.95 Å². The summed E-state index contributed by atoms with van der Waals surface area (Å²) in [6.07, 6.45) is 5.40. The van der Waals surface area contributed by atoms with Gasteiger partial charge in [0.05, 0.1) is 0 Å². The van der Waals surface area contributed by atoms with E-state index in [1.165, 1.54) is 23.1 Å². The van der Waals surface area contributed by atoms with E-state index in [4.69, 9.17) is 0 Å². The number of aromatic nitrogens is 3. The van der Waals surface area contributed by atoms with Crippen LogP contribution in [0.5, 0.6) is 0 Å². The maximum atomic E-state index is 9.24. The number of rotatable bonds is 8. The number of hydrogen-bond donors (Lipinski definition) is 4. The molecule has 0 unspecified atom stereocenters. The standard InChI is InChI=1S/C21H24N6O/c28-27-21-25-19(22-13-5-8-15-6-2-1-3-7-15)24-20(26-21)23-18-12-11-16-9-4-10-17(16)14-18/h1-3,6-7,11-12,14,28H,4-5,8-10,13H2,(H3,22,23,24,25,26,27).